The SMILES string of the molecule is CCCCCCCCCC(=O)O[C@@H](C#N)c1cccc(Oc2ccccc2)c1. The van der Waals surface area contributed by atoms with Crippen LogP contribution in [-0.2, 0) is 9.53 Å². The van der Waals surface area contributed by atoms with Crippen LogP contribution in [0.1, 0.15) is 70.0 Å². The lowest BCUT2D eigenvalue weighted by molar-refractivity contribution is -0.147. The number of nitriles is 1. The fraction of sp³-hybridized carbons (Fsp3) is 0.417. The van der Waals surface area contributed by atoms with Gasteiger partial charge in [-0.15, -0.1) is 0 Å². The fourth-order valence-electron chi connectivity index (χ4n) is 2.95. The normalized spacial score (nSPS) is 11.4. The summed E-state index contributed by atoms with van der Waals surface area (Å²) >= 11 is 0. The number of unbranched alkanes of at least 4 members (excludes halogenated alkanes) is 6. The van der Waals surface area contributed by atoms with Gasteiger partial charge in [0.15, 0.2) is 0 Å². The van der Waals surface area contributed by atoms with E-state index in [2.05, 4.69) is 13.0 Å². The summed E-state index contributed by atoms with van der Waals surface area (Å²) in [5.41, 5.74) is 0.615. The minimum atomic E-state index is -0.920. The van der Waals surface area contributed by atoms with Gasteiger partial charge in [0.2, 0.25) is 6.10 Å². The van der Waals surface area contributed by atoms with E-state index in [0.717, 1.165) is 19.3 Å². The van der Waals surface area contributed by atoms with Crippen molar-refractivity contribution < 1.29 is 14.3 Å². The number of rotatable bonds is 12. The predicted molar refractivity (Wildman–Crippen MR) is 110 cm³/mol. The molecule has 2 rings (SSSR count). The van der Waals surface area contributed by atoms with Gasteiger partial charge in [0, 0.05) is 12.0 Å². The molecule has 2 aromatic rings. The number of para-hydroxylation sites is 1. The first-order valence-corrected chi connectivity index (χ1v) is 10.1. The second-order valence-corrected chi connectivity index (χ2v) is 6.86. The zero-order valence-electron chi connectivity index (χ0n) is 16.6. The highest BCUT2D eigenvalue weighted by molar-refractivity contribution is 5.70. The molecule has 0 radical (unpaired) electrons. The van der Waals surface area contributed by atoms with Crippen LogP contribution < -0.4 is 4.74 Å². The van der Waals surface area contributed by atoms with E-state index in [9.17, 15) is 10.1 Å². The van der Waals surface area contributed by atoms with Gasteiger partial charge in [-0.25, -0.2) is 0 Å². The lowest BCUT2D eigenvalue weighted by atomic mass is 10.1. The van der Waals surface area contributed by atoms with Gasteiger partial charge < -0.3 is 9.47 Å². The maximum absolute atomic E-state index is 12.1. The smallest absolute Gasteiger partial charge is 0.307 e. The molecule has 0 N–H and O–H groups in total. The first-order valence-electron chi connectivity index (χ1n) is 10.1. The van der Waals surface area contributed by atoms with Gasteiger partial charge in [-0.05, 0) is 30.7 Å². The van der Waals surface area contributed by atoms with Crippen LogP contribution in [0.2, 0.25) is 0 Å². The van der Waals surface area contributed by atoms with Crippen LogP contribution in [-0.4, -0.2) is 5.97 Å². The van der Waals surface area contributed by atoms with Gasteiger partial charge in [0.25, 0.3) is 0 Å². The molecule has 0 aliphatic rings. The Morgan fingerprint density at radius 2 is 1.61 bits per heavy atom. The van der Waals surface area contributed by atoms with Crippen LogP contribution in [0.25, 0.3) is 0 Å². The van der Waals surface area contributed by atoms with Crippen LogP contribution in [0.3, 0.4) is 0 Å². The summed E-state index contributed by atoms with van der Waals surface area (Å²) in [5.74, 6) is 0.991. The minimum absolute atomic E-state index is 0.325. The molecule has 0 aliphatic heterocycles. The highest BCUT2D eigenvalue weighted by Gasteiger charge is 2.16. The second-order valence-electron chi connectivity index (χ2n) is 6.86. The maximum atomic E-state index is 12.1. The van der Waals surface area contributed by atoms with Crippen molar-refractivity contribution in [2.75, 3.05) is 0 Å². The number of ether oxygens (including phenoxy) is 2. The van der Waals surface area contributed by atoms with Gasteiger partial charge in [-0.3, -0.25) is 4.79 Å². The molecule has 0 aliphatic carbocycles. The second kappa shape index (κ2) is 12.6. The maximum Gasteiger partial charge on any atom is 0.307 e. The highest BCUT2D eigenvalue weighted by Crippen LogP contribution is 2.26. The molecular weight excluding hydrogens is 350 g/mol. The van der Waals surface area contributed by atoms with Crippen molar-refractivity contribution in [3.05, 3.63) is 60.2 Å². The summed E-state index contributed by atoms with van der Waals surface area (Å²) in [6, 6.07) is 18.6. The first-order chi connectivity index (χ1) is 13.7. The van der Waals surface area contributed by atoms with Gasteiger partial charge in [0.1, 0.15) is 17.6 Å². The molecule has 0 unspecified atom stereocenters. The molecule has 2 aromatic carbocycles. The van der Waals surface area contributed by atoms with Crippen LogP contribution in [0.4, 0.5) is 0 Å². The number of carbonyl (C=O) groups excluding carboxylic acids is 1. The number of benzene rings is 2. The molecule has 0 fully saturated rings. The Morgan fingerprint density at radius 1 is 0.929 bits per heavy atom. The Hall–Kier alpha value is -2.80. The van der Waals surface area contributed by atoms with Gasteiger partial charge in [0.05, 0.1) is 0 Å². The molecule has 0 saturated heterocycles. The summed E-state index contributed by atoms with van der Waals surface area (Å²) in [6.07, 6.45) is 7.41. The zero-order chi connectivity index (χ0) is 20.0. The van der Waals surface area contributed by atoms with Crippen molar-refractivity contribution in [1.82, 2.24) is 0 Å². The fourth-order valence-corrected chi connectivity index (χ4v) is 2.95. The molecule has 0 bridgehead atoms. The lowest BCUT2D eigenvalue weighted by Gasteiger charge is -2.13. The average molecular weight is 380 g/mol. The lowest BCUT2D eigenvalue weighted by Crippen LogP contribution is -2.10. The molecule has 4 heteroatoms. The quantitative estimate of drug-likeness (QED) is 0.303. The van der Waals surface area contributed by atoms with Crippen molar-refractivity contribution >= 4 is 5.97 Å². The van der Waals surface area contributed by atoms with E-state index in [4.69, 9.17) is 9.47 Å². The third-order valence-electron chi connectivity index (χ3n) is 4.49. The van der Waals surface area contributed by atoms with E-state index in [1.807, 2.05) is 36.4 Å². The van der Waals surface area contributed by atoms with Crippen LogP contribution in [0, 0.1) is 11.3 Å². The van der Waals surface area contributed by atoms with Gasteiger partial charge in [-0.1, -0.05) is 75.8 Å². The Bertz CT molecular complexity index is 752. The van der Waals surface area contributed by atoms with E-state index in [1.54, 1.807) is 18.2 Å². The number of esters is 1. The van der Waals surface area contributed by atoms with Crippen molar-refractivity contribution in [2.45, 2.75) is 64.4 Å². The molecular formula is C24H29NO3. The molecule has 4 nitrogen and oxygen atoms in total. The number of carbonyl (C=O) groups is 1. The Labute approximate surface area is 168 Å². The molecule has 0 saturated carbocycles. The third-order valence-corrected chi connectivity index (χ3v) is 4.49. The molecule has 0 amide bonds. The topological polar surface area (TPSA) is 59.3 Å². The standard InChI is InChI=1S/C24H29NO3/c1-2-3-4-5-6-7-11-17-24(26)28-23(19-25)20-13-12-16-22(18-20)27-21-14-9-8-10-15-21/h8-10,12-16,18,23H,2-7,11,17H2,1H3/t23-/m0/s1. The van der Waals surface area contributed by atoms with E-state index in [-0.39, 0.29) is 5.97 Å². The molecule has 0 heterocycles. The molecule has 148 valence electrons. The van der Waals surface area contributed by atoms with Crippen LogP contribution >= 0.6 is 0 Å². The van der Waals surface area contributed by atoms with Crippen molar-refractivity contribution in [2.24, 2.45) is 0 Å². The highest BCUT2D eigenvalue weighted by atomic mass is 16.5. The van der Waals surface area contributed by atoms with E-state index < -0.39 is 6.10 Å². The molecule has 28 heavy (non-hydrogen) atoms. The zero-order valence-corrected chi connectivity index (χ0v) is 16.6. The average Bonchev–Trinajstić information content (AvgIpc) is 2.72. The molecule has 0 spiro atoms. The van der Waals surface area contributed by atoms with Gasteiger partial charge in [-0.2, -0.15) is 5.26 Å². The minimum Gasteiger partial charge on any atom is -0.457 e. The summed E-state index contributed by atoms with van der Waals surface area (Å²) in [4.78, 5) is 12.1. The van der Waals surface area contributed by atoms with Crippen molar-refractivity contribution in [3.8, 4) is 17.6 Å². The van der Waals surface area contributed by atoms with E-state index >= 15 is 0 Å². The van der Waals surface area contributed by atoms with Crippen molar-refractivity contribution in [1.29, 1.82) is 5.26 Å². The third kappa shape index (κ3) is 7.84. The first kappa shape index (κ1) is 21.5. The summed E-state index contributed by atoms with van der Waals surface area (Å²) in [6.45, 7) is 2.20. The summed E-state index contributed by atoms with van der Waals surface area (Å²) < 4.78 is 11.2. The Balaban J connectivity index is 1.81. The number of hydrogen-bond donors (Lipinski definition) is 0. The summed E-state index contributed by atoms with van der Waals surface area (Å²) in [7, 11) is 0. The largest absolute Gasteiger partial charge is 0.457 e. The monoisotopic (exact) mass is 379 g/mol. The molecule has 1 atom stereocenters. The van der Waals surface area contributed by atoms with Gasteiger partial charge >= 0.3 is 5.97 Å². The Morgan fingerprint density at radius 3 is 2.32 bits per heavy atom. The summed E-state index contributed by atoms with van der Waals surface area (Å²) in [5, 5.41) is 9.43. The number of nitrogens with zero attached hydrogens (tertiary/aromatic N) is 1. The Kier molecular flexibility index (Phi) is 9.65. The van der Waals surface area contributed by atoms with Crippen molar-refractivity contribution in [3.63, 3.8) is 0 Å². The van der Waals surface area contributed by atoms with E-state index in [0.29, 0.717) is 23.5 Å². The molecule has 0 aromatic heterocycles. The van der Waals surface area contributed by atoms with E-state index in [1.165, 1.54) is 25.7 Å². The predicted octanol–water partition coefficient (Wildman–Crippen LogP) is 6.73. The van der Waals surface area contributed by atoms with Crippen LogP contribution in [0.15, 0.2) is 54.6 Å². The van der Waals surface area contributed by atoms with Crippen LogP contribution in [0.5, 0.6) is 11.5 Å². The number of hydrogen-bond acceptors (Lipinski definition) is 4.